The van der Waals surface area contributed by atoms with Crippen molar-refractivity contribution in [2.45, 2.75) is 39.1 Å². The van der Waals surface area contributed by atoms with Crippen LogP contribution in [0.1, 0.15) is 41.2 Å². The third-order valence-electron chi connectivity index (χ3n) is 5.31. The number of nitrogens with one attached hydrogen (secondary N) is 1. The van der Waals surface area contributed by atoms with Crippen molar-refractivity contribution in [3.63, 3.8) is 0 Å². The lowest BCUT2D eigenvalue weighted by Gasteiger charge is -2.18. The third kappa shape index (κ3) is 4.70. The normalized spacial score (nSPS) is 11.6. The summed E-state index contributed by atoms with van der Waals surface area (Å²) in [6, 6.07) is 16.0. The van der Waals surface area contributed by atoms with Crippen molar-refractivity contribution in [1.82, 2.24) is 19.4 Å². The molecule has 0 radical (unpaired) electrons. The summed E-state index contributed by atoms with van der Waals surface area (Å²) in [4.78, 5) is 12.9. The molecule has 0 aliphatic rings. The molecule has 1 heterocycles. The van der Waals surface area contributed by atoms with Gasteiger partial charge >= 0.3 is 0 Å². The summed E-state index contributed by atoms with van der Waals surface area (Å²) in [6.45, 7) is 8.50. The Morgan fingerprint density at radius 2 is 1.71 bits per heavy atom. The molecule has 2 aromatic carbocycles. The fourth-order valence-electron chi connectivity index (χ4n) is 3.53. The summed E-state index contributed by atoms with van der Waals surface area (Å²) in [6.07, 6.45) is 0. The van der Waals surface area contributed by atoms with Crippen molar-refractivity contribution in [2.75, 3.05) is 13.1 Å². The van der Waals surface area contributed by atoms with Gasteiger partial charge in [-0.1, -0.05) is 38.1 Å². The van der Waals surface area contributed by atoms with Gasteiger partial charge in [-0.25, -0.2) is 13.1 Å². The van der Waals surface area contributed by atoms with Gasteiger partial charge in [0, 0.05) is 36.5 Å². The molecule has 0 spiro atoms. The van der Waals surface area contributed by atoms with Crippen molar-refractivity contribution in [2.24, 2.45) is 0 Å². The Morgan fingerprint density at radius 3 is 2.35 bits per heavy atom. The predicted molar refractivity (Wildman–Crippen MR) is 121 cm³/mol. The molecule has 0 aliphatic carbocycles. The van der Waals surface area contributed by atoms with Gasteiger partial charge in [0.1, 0.15) is 0 Å². The zero-order valence-electron chi connectivity index (χ0n) is 18.3. The number of aromatic nitrogens is 2. The number of amides is 1. The molecule has 8 heteroatoms. The van der Waals surface area contributed by atoms with E-state index < -0.39 is 10.0 Å². The topological polar surface area (TPSA) is 84.3 Å². The van der Waals surface area contributed by atoms with E-state index in [0.717, 1.165) is 22.6 Å². The van der Waals surface area contributed by atoms with Crippen LogP contribution in [-0.2, 0) is 16.6 Å². The van der Waals surface area contributed by atoms with E-state index in [1.54, 1.807) is 26.0 Å². The molecule has 7 nitrogen and oxygen atoms in total. The highest BCUT2D eigenvalue weighted by atomic mass is 32.2. The van der Waals surface area contributed by atoms with Gasteiger partial charge in [0.2, 0.25) is 10.0 Å². The van der Waals surface area contributed by atoms with Crippen molar-refractivity contribution < 1.29 is 13.2 Å². The number of aryl methyl sites for hydroxylation is 1. The maximum absolute atomic E-state index is 12.8. The Balaban J connectivity index is 1.79. The van der Waals surface area contributed by atoms with Gasteiger partial charge in [-0.3, -0.25) is 4.79 Å². The molecular formula is C23H28N4O3S. The van der Waals surface area contributed by atoms with Crippen LogP contribution >= 0.6 is 0 Å². The Hall–Kier alpha value is -2.97. The van der Waals surface area contributed by atoms with Crippen LogP contribution in [-0.4, -0.2) is 41.5 Å². The summed E-state index contributed by atoms with van der Waals surface area (Å²) in [5, 5.41) is 7.49. The molecule has 0 aliphatic heterocycles. The first-order chi connectivity index (χ1) is 14.8. The predicted octanol–water partition coefficient (Wildman–Crippen LogP) is 3.45. The summed E-state index contributed by atoms with van der Waals surface area (Å²) >= 11 is 0. The van der Waals surface area contributed by atoms with Gasteiger partial charge in [-0.15, -0.1) is 0 Å². The van der Waals surface area contributed by atoms with Crippen LogP contribution in [0.5, 0.6) is 0 Å². The fourth-order valence-corrected chi connectivity index (χ4v) is 5.04. The summed E-state index contributed by atoms with van der Waals surface area (Å²) in [7, 11) is -3.63. The minimum absolute atomic E-state index is 0.119. The van der Waals surface area contributed by atoms with Gasteiger partial charge in [-0.2, -0.15) is 9.40 Å². The smallest absolute Gasteiger partial charge is 0.251 e. The minimum atomic E-state index is -3.63. The number of hydrogen-bond acceptors (Lipinski definition) is 4. The highest BCUT2D eigenvalue weighted by molar-refractivity contribution is 7.89. The molecule has 3 rings (SSSR count). The zero-order chi connectivity index (χ0) is 22.6. The van der Waals surface area contributed by atoms with E-state index in [2.05, 4.69) is 10.4 Å². The fraction of sp³-hybridized carbons (Fsp3) is 0.304. The van der Waals surface area contributed by atoms with Crippen LogP contribution in [0.15, 0.2) is 59.5 Å². The number of para-hydroxylation sites is 1. The third-order valence-corrected chi connectivity index (χ3v) is 7.35. The van der Waals surface area contributed by atoms with Crippen LogP contribution in [0.2, 0.25) is 0 Å². The first-order valence-electron chi connectivity index (χ1n) is 10.3. The van der Waals surface area contributed by atoms with Crippen LogP contribution in [0.4, 0.5) is 0 Å². The summed E-state index contributed by atoms with van der Waals surface area (Å²) < 4.78 is 28.7. The first-order valence-corrected chi connectivity index (χ1v) is 11.7. The number of sulfonamides is 1. The van der Waals surface area contributed by atoms with E-state index in [0.29, 0.717) is 25.2 Å². The number of rotatable bonds is 8. The average Bonchev–Trinajstić information content (AvgIpc) is 3.06. The van der Waals surface area contributed by atoms with Gasteiger partial charge in [0.05, 0.1) is 16.3 Å². The molecular weight excluding hydrogens is 412 g/mol. The van der Waals surface area contributed by atoms with Crippen LogP contribution in [0, 0.1) is 13.8 Å². The monoisotopic (exact) mass is 440 g/mol. The quantitative estimate of drug-likeness (QED) is 0.581. The molecule has 0 saturated heterocycles. The molecule has 0 unspecified atom stereocenters. The lowest BCUT2D eigenvalue weighted by atomic mass is 10.1. The van der Waals surface area contributed by atoms with Crippen molar-refractivity contribution in [3.05, 3.63) is 77.1 Å². The van der Waals surface area contributed by atoms with E-state index in [4.69, 9.17) is 0 Å². The van der Waals surface area contributed by atoms with Crippen molar-refractivity contribution >= 4 is 15.9 Å². The Kier molecular flexibility index (Phi) is 6.92. The number of carbonyl (C=O) groups is 1. The lowest BCUT2D eigenvalue weighted by Crippen LogP contribution is -2.31. The number of nitrogens with zero attached hydrogens (tertiary/aromatic N) is 3. The van der Waals surface area contributed by atoms with E-state index in [9.17, 15) is 13.2 Å². The molecule has 1 amide bonds. The van der Waals surface area contributed by atoms with E-state index in [1.165, 1.54) is 16.4 Å². The zero-order valence-corrected chi connectivity index (χ0v) is 19.1. The second-order valence-electron chi connectivity index (χ2n) is 7.20. The molecule has 1 N–H and O–H groups in total. The number of hydrogen-bond donors (Lipinski definition) is 1. The maximum Gasteiger partial charge on any atom is 0.251 e. The Morgan fingerprint density at radius 1 is 1.03 bits per heavy atom. The minimum Gasteiger partial charge on any atom is -0.348 e. The standard InChI is InChI=1S/C23H28N4O3S/c1-5-26(6-2)31(29,30)21-14-10-11-19(15-21)23(28)24-16-22-17(3)25-27(18(22)4)20-12-8-7-9-13-20/h7-15H,5-6,16H2,1-4H3,(H,24,28). The molecule has 0 bridgehead atoms. The molecule has 3 aromatic rings. The lowest BCUT2D eigenvalue weighted by molar-refractivity contribution is 0.0950. The number of carbonyl (C=O) groups excluding carboxylic acids is 1. The molecule has 0 fully saturated rings. The van der Waals surface area contributed by atoms with Gasteiger partial charge in [0.15, 0.2) is 0 Å². The SMILES string of the molecule is CCN(CC)S(=O)(=O)c1cccc(C(=O)NCc2c(C)nn(-c3ccccc3)c2C)c1. The highest BCUT2D eigenvalue weighted by Gasteiger charge is 2.22. The maximum atomic E-state index is 12.8. The Bertz CT molecular complexity index is 1170. The van der Waals surface area contributed by atoms with E-state index >= 15 is 0 Å². The van der Waals surface area contributed by atoms with Gasteiger partial charge in [0.25, 0.3) is 5.91 Å². The van der Waals surface area contributed by atoms with E-state index in [-0.39, 0.29) is 10.8 Å². The summed E-state index contributed by atoms with van der Waals surface area (Å²) in [5.74, 6) is -0.331. The highest BCUT2D eigenvalue weighted by Crippen LogP contribution is 2.19. The van der Waals surface area contributed by atoms with Crippen LogP contribution in [0.3, 0.4) is 0 Å². The van der Waals surface area contributed by atoms with E-state index in [1.807, 2.05) is 48.9 Å². The van der Waals surface area contributed by atoms with Gasteiger partial charge in [-0.05, 0) is 44.2 Å². The Labute approximate surface area is 183 Å². The van der Waals surface area contributed by atoms with Crippen LogP contribution in [0.25, 0.3) is 5.69 Å². The van der Waals surface area contributed by atoms with Crippen LogP contribution < -0.4 is 5.32 Å². The second kappa shape index (κ2) is 9.45. The second-order valence-corrected chi connectivity index (χ2v) is 9.13. The summed E-state index contributed by atoms with van der Waals surface area (Å²) in [5.41, 5.74) is 3.97. The van der Waals surface area contributed by atoms with Gasteiger partial charge < -0.3 is 5.32 Å². The molecule has 31 heavy (non-hydrogen) atoms. The number of benzene rings is 2. The van der Waals surface area contributed by atoms with Crippen molar-refractivity contribution in [3.8, 4) is 5.69 Å². The largest absolute Gasteiger partial charge is 0.348 e. The molecule has 0 saturated carbocycles. The molecule has 0 atom stereocenters. The molecule has 164 valence electrons. The average molecular weight is 441 g/mol. The molecule has 1 aromatic heterocycles. The first kappa shape index (κ1) is 22.7. The van der Waals surface area contributed by atoms with Crippen molar-refractivity contribution in [1.29, 1.82) is 0 Å².